The molecular weight excluding hydrogens is 336 g/mol. The number of hydrogen-bond donors (Lipinski definition) is 1. The SMILES string of the molecule is CCNCc1cc(Br)ccc1OCC(=O)N1CCOCC1. The van der Waals surface area contributed by atoms with Crippen LogP contribution in [-0.2, 0) is 16.1 Å². The average molecular weight is 357 g/mol. The molecule has 116 valence electrons. The lowest BCUT2D eigenvalue weighted by atomic mass is 10.2. The van der Waals surface area contributed by atoms with Crippen molar-refractivity contribution >= 4 is 21.8 Å². The third kappa shape index (κ3) is 4.98. The Labute approximate surface area is 133 Å². The lowest BCUT2D eigenvalue weighted by molar-refractivity contribution is -0.137. The van der Waals surface area contributed by atoms with Gasteiger partial charge in [-0.1, -0.05) is 22.9 Å². The zero-order valence-corrected chi connectivity index (χ0v) is 13.8. The fourth-order valence-corrected chi connectivity index (χ4v) is 2.54. The molecule has 0 spiro atoms. The molecule has 1 N–H and O–H groups in total. The van der Waals surface area contributed by atoms with Crippen molar-refractivity contribution in [2.45, 2.75) is 13.5 Å². The molecule has 1 amide bonds. The van der Waals surface area contributed by atoms with Crippen molar-refractivity contribution < 1.29 is 14.3 Å². The van der Waals surface area contributed by atoms with Gasteiger partial charge < -0.3 is 19.7 Å². The zero-order chi connectivity index (χ0) is 15.1. The second kappa shape index (κ2) is 8.36. The summed E-state index contributed by atoms with van der Waals surface area (Å²) in [5, 5.41) is 3.27. The van der Waals surface area contributed by atoms with Gasteiger partial charge in [0.2, 0.25) is 0 Å². The summed E-state index contributed by atoms with van der Waals surface area (Å²) < 4.78 is 12.0. The summed E-state index contributed by atoms with van der Waals surface area (Å²) in [6.07, 6.45) is 0. The van der Waals surface area contributed by atoms with Gasteiger partial charge in [-0.25, -0.2) is 0 Å². The van der Waals surface area contributed by atoms with E-state index in [0.717, 1.165) is 28.9 Å². The number of ether oxygens (including phenoxy) is 2. The van der Waals surface area contributed by atoms with Crippen molar-refractivity contribution in [2.75, 3.05) is 39.5 Å². The van der Waals surface area contributed by atoms with Gasteiger partial charge in [0, 0.05) is 29.7 Å². The molecule has 0 atom stereocenters. The van der Waals surface area contributed by atoms with Crippen LogP contribution in [0.5, 0.6) is 5.75 Å². The molecular formula is C15H21BrN2O3. The molecule has 1 fully saturated rings. The van der Waals surface area contributed by atoms with Gasteiger partial charge in [0.1, 0.15) is 5.75 Å². The number of carbonyl (C=O) groups is 1. The smallest absolute Gasteiger partial charge is 0.260 e. The summed E-state index contributed by atoms with van der Waals surface area (Å²) >= 11 is 3.46. The van der Waals surface area contributed by atoms with Crippen molar-refractivity contribution in [3.05, 3.63) is 28.2 Å². The molecule has 0 unspecified atom stereocenters. The Balaban J connectivity index is 1.93. The van der Waals surface area contributed by atoms with Gasteiger partial charge in [-0.3, -0.25) is 4.79 Å². The lowest BCUT2D eigenvalue weighted by Gasteiger charge is -2.26. The number of benzene rings is 1. The Morgan fingerprint density at radius 3 is 2.90 bits per heavy atom. The Kier molecular flexibility index (Phi) is 6.48. The molecule has 0 aromatic heterocycles. The maximum absolute atomic E-state index is 12.1. The average Bonchev–Trinajstić information content (AvgIpc) is 2.52. The van der Waals surface area contributed by atoms with E-state index < -0.39 is 0 Å². The quantitative estimate of drug-likeness (QED) is 0.844. The number of rotatable bonds is 6. The monoisotopic (exact) mass is 356 g/mol. The first-order valence-electron chi connectivity index (χ1n) is 7.18. The number of nitrogens with one attached hydrogen (secondary N) is 1. The molecule has 5 nitrogen and oxygen atoms in total. The first-order chi connectivity index (χ1) is 10.2. The zero-order valence-electron chi connectivity index (χ0n) is 12.2. The minimum atomic E-state index is 0.00983. The Morgan fingerprint density at radius 1 is 1.43 bits per heavy atom. The number of amides is 1. The van der Waals surface area contributed by atoms with E-state index in [-0.39, 0.29) is 12.5 Å². The van der Waals surface area contributed by atoms with Crippen LogP contribution in [-0.4, -0.2) is 50.3 Å². The van der Waals surface area contributed by atoms with Crippen LogP contribution in [0.25, 0.3) is 0 Å². The van der Waals surface area contributed by atoms with Crippen LogP contribution in [0.3, 0.4) is 0 Å². The highest BCUT2D eigenvalue weighted by Crippen LogP contribution is 2.23. The van der Waals surface area contributed by atoms with Crippen molar-refractivity contribution in [1.82, 2.24) is 10.2 Å². The number of hydrogen-bond acceptors (Lipinski definition) is 4. The van der Waals surface area contributed by atoms with Crippen LogP contribution in [0.1, 0.15) is 12.5 Å². The van der Waals surface area contributed by atoms with E-state index in [1.165, 1.54) is 0 Å². The van der Waals surface area contributed by atoms with E-state index in [2.05, 4.69) is 28.2 Å². The Bertz CT molecular complexity index is 476. The molecule has 2 rings (SSSR count). The molecule has 0 radical (unpaired) electrons. The van der Waals surface area contributed by atoms with E-state index in [9.17, 15) is 4.79 Å². The van der Waals surface area contributed by atoms with Crippen LogP contribution in [0.2, 0.25) is 0 Å². The molecule has 1 aromatic rings. The summed E-state index contributed by atoms with van der Waals surface area (Å²) in [7, 11) is 0. The van der Waals surface area contributed by atoms with Crippen molar-refractivity contribution in [3.63, 3.8) is 0 Å². The van der Waals surface area contributed by atoms with Gasteiger partial charge in [-0.05, 0) is 24.7 Å². The minimum absolute atomic E-state index is 0.00983. The third-order valence-corrected chi connectivity index (χ3v) is 3.80. The molecule has 0 bridgehead atoms. The molecule has 21 heavy (non-hydrogen) atoms. The molecule has 0 aliphatic carbocycles. The van der Waals surface area contributed by atoms with E-state index in [1.807, 2.05) is 18.2 Å². The Hall–Kier alpha value is -1.11. The maximum atomic E-state index is 12.1. The van der Waals surface area contributed by atoms with Crippen molar-refractivity contribution in [1.29, 1.82) is 0 Å². The summed E-state index contributed by atoms with van der Waals surface area (Å²) in [6, 6.07) is 5.82. The first kappa shape index (κ1) is 16.3. The van der Waals surface area contributed by atoms with Gasteiger partial charge in [-0.2, -0.15) is 0 Å². The van der Waals surface area contributed by atoms with Gasteiger partial charge in [0.15, 0.2) is 6.61 Å². The van der Waals surface area contributed by atoms with Crippen molar-refractivity contribution in [2.24, 2.45) is 0 Å². The molecule has 1 aliphatic rings. The van der Waals surface area contributed by atoms with Crippen LogP contribution < -0.4 is 10.1 Å². The highest BCUT2D eigenvalue weighted by atomic mass is 79.9. The third-order valence-electron chi connectivity index (χ3n) is 3.30. The second-order valence-electron chi connectivity index (χ2n) is 4.81. The van der Waals surface area contributed by atoms with E-state index in [4.69, 9.17) is 9.47 Å². The van der Waals surface area contributed by atoms with Gasteiger partial charge in [0.25, 0.3) is 5.91 Å². The van der Waals surface area contributed by atoms with E-state index >= 15 is 0 Å². The molecule has 1 aromatic carbocycles. The maximum Gasteiger partial charge on any atom is 0.260 e. The normalized spacial score (nSPS) is 15.0. The van der Waals surface area contributed by atoms with Crippen LogP contribution in [0.15, 0.2) is 22.7 Å². The Morgan fingerprint density at radius 2 is 2.19 bits per heavy atom. The summed E-state index contributed by atoms with van der Waals surface area (Å²) in [6.45, 7) is 6.24. The molecule has 1 saturated heterocycles. The highest BCUT2D eigenvalue weighted by Gasteiger charge is 2.17. The standard InChI is InChI=1S/C15H21BrN2O3/c1-2-17-10-12-9-13(16)3-4-14(12)21-11-15(19)18-5-7-20-8-6-18/h3-4,9,17H,2,5-8,10-11H2,1H3. The molecule has 1 aliphatic heterocycles. The predicted molar refractivity (Wildman–Crippen MR) is 84.4 cm³/mol. The van der Waals surface area contributed by atoms with Crippen molar-refractivity contribution in [3.8, 4) is 5.75 Å². The molecule has 0 saturated carbocycles. The van der Waals surface area contributed by atoms with E-state index in [0.29, 0.717) is 26.3 Å². The molecule has 6 heteroatoms. The fraction of sp³-hybridized carbons (Fsp3) is 0.533. The highest BCUT2D eigenvalue weighted by molar-refractivity contribution is 9.10. The minimum Gasteiger partial charge on any atom is -0.483 e. The predicted octanol–water partition coefficient (Wildman–Crippen LogP) is 1.80. The topological polar surface area (TPSA) is 50.8 Å². The van der Waals surface area contributed by atoms with Crippen LogP contribution in [0, 0.1) is 0 Å². The fourth-order valence-electron chi connectivity index (χ4n) is 2.13. The number of morpholine rings is 1. The number of carbonyl (C=O) groups excluding carboxylic acids is 1. The summed E-state index contributed by atoms with van der Waals surface area (Å²) in [5.41, 5.74) is 1.04. The van der Waals surface area contributed by atoms with Crippen LogP contribution in [0.4, 0.5) is 0 Å². The summed E-state index contributed by atoms with van der Waals surface area (Å²) in [5.74, 6) is 0.761. The molecule has 1 heterocycles. The van der Waals surface area contributed by atoms with Crippen LogP contribution >= 0.6 is 15.9 Å². The van der Waals surface area contributed by atoms with Gasteiger partial charge in [0.05, 0.1) is 13.2 Å². The second-order valence-corrected chi connectivity index (χ2v) is 5.73. The summed E-state index contributed by atoms with van der Waals surface area (Å²) in [4.78, 5) is 13.9. The van der Waals surface area contributed by atoms with Gasteiger partial charge >= 0.3 is 0 Å². The largest absolute Gasteiger partial charge is 0.483 e. The van der Waals surface area contributed by atoms with Gasteiger partial charge in [-0.15, -0.1) is 0 Å². The van der Waals surface area contributed by atoms with E-state index in [1.54, 1.807) is 4.90 Å². The number of halogens is 1. The lowest BCUT2D eigenvalue weighted by Crippen LogP contribution is -2.43. The first-order valence-corrected chi connectivity index (χ1v) is 7.97. The number of nitrogens with zero attached hydrogens (tertiary/aromatic N) is 1.